The molecule has 1 aliphatic rings. The molecule has 1 aliphatic heterocycles. The van der Waals surface area contributed by atoms with Gasteiger partial charge in [0, 0.05) is 31.2 Å². The lowest BCUT2D eigenvalue weighted by Gasteiger charge is -2.40. The topological polar surface area (TPSA) is 129 Å². The van der Waals surface area contributed by atoms with E-state index in [1.54, 1.807) is 7.11 Å². The summed E-state index contributed by atoms with van der Waals surface area (Å²) in [6.45, 7) is 8.94. The Morgan fingerprint density at radius 1 is 0.974 bits per heavy atom. The van der Waals surface area contributed by atoms with Crippen molar-refractivity contribution >= 4 is 11.9 Å². The van der Waals surface area contributed by atoms with Crippen molar-refractivity contribution in [3.63, 3.8) is 0 Å². The molecule has 0 spiro atoms. The summed E-state index contributed by atoms with van der Waals surface area (Å²) in [6, 6.07) is 16.0. The number of hydrogen-bond acceptors (Lipinski definition) is 7. The van der Waals surface area contributed by atoms with Gasteiger partial charge in [-0.15, -0.1) is 0 Å². The SMILES string of the molecule is CCN(CC)CCOc1ccc(C(O)(Cc2ccc(OC)cc2)C2CCCCN2)cc1.O=C(O)/C=C\C(=O)O. The van der Waals surface area contributed by atoms with Crippen LogP contribution in [0.4, 0.5) is 0 Å². The molecule has 214 valence electrons. The van der Waals surface area contributed by atoms with E-state index >= 15 is 0 Å². The number of aliphatic hydroxyl groups is 1. The number of piperidine rings is 1. The Morgan fingerprint density at radius 2 is 1.56 bits per heavy atom. The molecule has 9 nitrogen and oxygen atoms in total. The van der Waals surface area contributed by atoms with Crippen LogP contribution in [0.25, 0.3) is 0 Å². The number of methoxy groups -OCH3 is 1. The Kier molecular flexibility index (Phi) is 13.5. The van der Waals surface area contributed by atoms with Gasteiger partial charge in [0.05, 0.1) is 7.11 Å². The van der Waals surface area contributed by atoms with Crippen molar-refractivity contribution in [3.8, 4) is 11.5 Å². The Hall–Kier alpha value is -3.40. The number of likely N-dealkylation sites (N-methyl/N-ethyl adjacent to an activating group) is 1. The highest BCUT2D eigenvalue weighted by molar-refractivity contribution is 5.89. The molecule has 0 bridgehead atoms. The molecule has 0 aliphatic carbocycles. The molecule has 9 heteroatoms. The van der Waals surface area contributed by atoms with Crippen LogP contribution in [0.5, 0.6) is 11.5 Å². The van der Waals surface area contributed by atoms with E-state index in [9.17, 15) is 14.7 Å². The zero-order chi connectivity index (χ0) is 28.7. The first-order chi connectivity index (χ1) is 18.7. The molecular formula is C30H42N2O7. The van der Waals surface area contributed by atoms with Gasteiger partial charge in [0.2, 0.25) is 0 Å². The molecule has 2 unspecified atom stereocenters. The second-order valence-corrected chi connectivity index (χ2v) is 9.36. The third-order valence-corrected chi connectivity index (χ3v) is 6.81. The minimum Gasteiger partial charge on any atom is -0.497 e. The Balaban J connectivity index is 0.000000580. The van der Waals surface area contributed by atoms with Gasteiger partial charge in [0.25, 0.3) is 0 Å². The third kappa shape index (κ3) is 10.7. The smallest absolute Gasteiger partial charge is 0.328 e. The molecule has 2 atom stereocenters. The fraction of sp³-hybridized carbons (Fsp3) is 0.467. The first-order valence-electron chi connectivity index (χ1n) is 13.4. The summed E-state index contributed by atoms with van der Waals surface area (Å²) >= 11 is 0. The molecule has 1 saturated heterocycles. The van der Waals surface area contributed by atoms with E-state index in [1.807, 2.05) is 48.5 Å². The third-order valence-electron chi connectivity index (χ3n) is 6.81. The van der Waals surface area contributed by atoms with Crippen molar-refractivity contribution in [1.29, 1.82) is 0 Å². The van der Waals surface area contributed by atoms with Crippen LogP contribution in [0.3, 0.4) is 0 Å². The van der Waals surface area contributed by atoms with Gasteiger partial charge >= 0.3 is 11.9 Å². The van der Waals surface area contributed by atoms with Gasteiger partial charge in [-0.05, 0) is 67.9 Å². The highest BCUT2D eigenvalue weighted by Crippen LogP contribution is 2.34. The normalized spacial score (nSPS) is 16.7. The zero-order valence-electron chi connectivity index (χ0n) is 23.1. The lowest BCUT2D eigenvalue weighted by Crippen LogP contribution is -2.52. The van der Waals surface area contributed by atoms with Crippen molar-refractivity contribution in [1.82, 2.24) is 10.2 Å². The Morgan fingerprint density at radius 3 is 2.05 bits per heavy atom. The number of carboxylic acid groups (broad SMARTS) is 2. The van der Waals surface area contributed by atoms with E-state index in [0.29, 0.717) is 25.2 Å². The van der Waals surface area contributed by atoms with Gasteiger partial charge in [-0.3, -0.25) is 0 Å². The van der Waals surface area contributed by atoms with Crippen LogP contribution in [-0.4, -0.2) is 78.1 Å². The van der Waals surface area contributed by atoms with Crippen LogP contribution >= 0.6 is 0 Å². The van der Waals surface area contributed by atoms with Crippen LogP contribution in [0, 0.1) is 0 Å². The van der Waals surface area contributed by atoms with E-state index in [2.05, 4.69) is 24.1 Å². The number of rotatable bonds is 13. The van der Waals surface area contributed by atoms with Gasteiger partial charge in [0.1, 0.15) is 23.7 Å². The van der Waals surface area contributed by atoms with Crippen LogP contribution in [0.2, 0.25) is 0 Å². The largest absolute Gasteiger partial charge is 0.497 e. The molecule has 0 amide bonds. The monoisotopic (exact) mass is 542 g/mol. The summed E-state index contributed by atoms with van der Waals surface area (Å²) in [6.07, 6.45) is 4.93. The van der Waals surface area contributed by atoms with Crippen LogP contribution in [0.15, 0.2) is 60.7 Å². The maximum Gasteiger partial charge on any atom is 0.328 e. The average molecular weight is 543 g/mol. The number of benzene rings is 2. The minimum atomic E-state index is -1.26. The summed E-state index contributed by atoms with van der Waals surface area (Å²) in [7, 11) is 1.67. The molecular weight excluding hydrogens is 500 g/mol. The fourth-order valence-electron chi connectivity index (χ4n) is 4.56. The van der Waals surface area contributed by atoms with Crippen LogP contribution < -0.4 is 14.8 Å². The molecule has 0 radical (unpaired) electrons. The first-order valence-corrected chi connectivity index (χ1v) is 13.4. The Labute approximate surface area is 231 Å². The van der Waals surface area contributed by atoms with Gasteiger partial charge < -0.3 is 35.0 Å². The van der Waals surface area contributed by atoms with Gasteiger partial charge in [0.15, 0.2) is 0 Å². The van der Waals surface area contributed by atoms with E-state index in [0.717, 1.165) is 68.1 Å². The highest BCUT2D eigenvalue weighted by atomic mass is 16.5. The number of aliphatic carboxylic acids is 2. The molecule has 1 heterocycles. The second-order valence-electron chi connectivity index (χ2n) is 9.36. The number of carbonyl (C=O) groups is 2. The van der Waals surface area contributed by atoms with Gasteiger partial charge in [-0.1, -0.05) is 44.5 Å². The maximum absolute atomic E-state index is 11.9. The van der Waals surface area contributed by atoms with Crippen LogP contribution in [-0.2, 0) is 21.6 Å². The maximum atomic E-state index is 11.9. The van der Waals surface area contributed by atoms with Crippen LogP contribution in [0.1, 0.15) is 44.2 Å². The quantitative estimate of drug-likeness (QED) is 0.280. The summed E-state index contributed by atoms with van der Waals surface area (Å²) in [5.74, 6) is -0.839. The predicted octanol–water partition coefficient (Wildman–Crippen LogP) is 3.70. The van der Waals surface area contributed by atoms with Gasteiger partial charge in [-0.25, -0.2) is 9.59 Å². The molecule has 0 saturated carbocycles. The van der Waals surface area contributed by atoms with Crippen molar-refractivity contribution < 1.29 is 34.4 Å². The van der Waals surface area contributed by atoms with Crippen molar-refractivity contribution in [2.24, 2.45) is 0 Å². The molecule has 4 N–H and O–H groups in total. The summed E-state index contributed by atoms with van der Waals surface area (Å²) in [4.78, 5) is 21.5. The fourth-order valence-corrected chi connectivity index (χ4v) is 4.56. The second kappa shape index (κ2) is 16.5. The molecule has 3 rings (SSSR count). The van der Waals surface area contributed by atoms with Crippen molar-refractivity contribution in [2.75, 3.05) is 39.9 Å². The van der Waals surface area contributed by atoms with E-state index in [-0.39, 0.29) is 6.04 Å². The lowest BCUT2D eigenvalue weighted by molar-refractivity contribution is -0.134. The summed E-state index contributed by atoms with van der Waals surface area (Å²) in [5.41, 5.74) is 1.04. The van der Waals surface area contributed by atoms with E-state index in [4.69, 9.17) is 19.7 Å². The molecule has 0 aromatic heterocycles. The number of carboxylic acids is 2. The van der Waals surface area contributed by atoms with Gasteiger partial charge in [-0.2, -0.15) is 0 Å². The first kappa shape index (κ1) is 31.8. The zero-order valence-corrected chi connectivity index (χ0v) is 23.1. The average Bonchev–Trinajstić information content (AvgIpc) is 2.96. The predicted molar refractivity (Wildman–Crippen MR) is 150 cm³/mol. The minimum absolute atomic E-state index is 0.0257. The Bertz CT molecular complexity index is 1010. The summed E-state index contributed by atoms with van der Waals surface area (Å²) < 4.78 is 11.2. The van der Waals surface area contributed by atoms with Crippen molar-refractivity contribution in [2.45, 2.75) is 51.2 Å². The summed E-state index contributed by atoms with van der Waals surface area (Å²) in [5, 5.41) is 31.1. The number of nitrogens with zero attached hydrogens (tertiary/aromatic N) is 1. The molecule has 1 fully saturated rings. The lowest BCUT2D eigenvalue weighted by atomic mass is 9.78. The number of nitrogens with one attached hydrogen (secondary N) is 1. The molecule has 39 heavy (non-hydrogen) atoms. The van der Waals surface area contributed by atoms with E-state index in [1.165, 1.54) is 0 Å². The molecule has 2 aromatic carbocycles. The molecule has 2 aromatic rings. The number of ether oxygens (including phenoxy) is 2. The van der Waals surface area contributed by atoms with Crippen molar-refractivity contribution in [3.05, 3.63) is 71.8 Å². The highest BCUT2D eigenvalue weighted by Gasteiger charge is 2.39. The van der Waals surface area contributed by atoms with E-state index < -0.39 is 17.5 Å². The standard InChI is InChI=1S/C26H38N2O3.C4H4O4/c1-4-28(5-2)18-19-31-24-15-11-22(12-16-24)26(29,25-8-6-7-17-27-25)20-21-9-13-23(30-3)14-10-21;5-3(6)1-2-4(7)8/h9-16,25,27,29H,4-8,17-20H2,1-3H3;1-2H,(H,5,6)(H,7,8)/b;2-1-. The number of hydrogen-bond donors (Lipinski definition) is 4.